The van der Waals surface area contributed by atoms with Crippen LogP contribution in [0.1, 0.15) is 68.6 Å². The molecule has 0 bridgehead atoms. The quantitative estimate of drug-likeness (QED) is 0.215. The Labute approximate surface area is 311 Å². The summed E-state index contributed by atoms with van der Waals surface area (Å²) in [5.74, 6) is -4.13. The number of aliphatic hydroxyl groups is 1. The average molecular weight is 762 g/mol. The van der Waals surface area contributed by atoms with Gasteiger partial charge in [0, 0.05) is 19.2 Å². The molecule has 3 aliphatic heterocycles. The molecule has 1 saturated heterocycles. The lowest BCUT2D eigenvalue weighted by Crippen LogP contribution is -2.60. The van der Waals surface area contributed by atoms with Gasteiger partial charge in [-0.05, 0) is 73.9 Å². The van der Waals surface area contributed by atoms with Crippen molar-refractivity contribution < 1.29 is 65.8 Å². The molecule has 15 heteroatoms. The van der Waals surface area contributed by atoms with Crippen molar-refractivity contribution >= 4 is 17.9 Å². The van der Waals surface area contributed by atoms with Crippen molar-refractivity contribution in [3.8, 4) is 11.5 Å². The Morgan fingerprint density at radius 3 is 2.35 bits per heavy atom. The zero-order valence-corrected chi connectivity index (χ0v) is 30.9. The molecule has 2 aromatic carbocycles. The molecule has 0 saturated carbocycles. The van der Waals surface area contributed by atoms with E-state index in [1.807, 2.05) is 32.1 Å². The van der Waals surface area contributed by atoms with E-state index in [2.05, 4.69) is 4.90 Å². The largest absolute Gasteiger partial charge is 0.497 e. The van der Waals surface area contributed by atoms with Gasteiger partial charge in [-0.25, -0.2) is 14.4 Å². The Morgan fingerprint density at radius 2 is 1.72 bits per heavy atom. The average Bonchev–Trinajstić information content (AvgIpc) is 3.83. The second kappa shape index (κ2) is 15.1. The molecule has 0 aromatic heterocycles. The molecular formula is C39H46F3NO11. The van der Waals surface area contributed by atoms with Gasteiger partial charge in [0.05, 0.1) is 25.7 Å². The van der Waals surface area contributed by atoms with Crippen LogP contribution in [0.2, 0.25) is 0 Å². The maximum atomic E-state index is 14.9. The summed E-state index contributed by atoms with van der Waals surface area (Å²) in [4.78, 5) is 44.3. The van der Waals surface area contributed by atoms with Crippen LogP contribution in [0.15, 0.2) is 54.3 Å². The molecule has 6 rings (SSSR count). The molecule has 54 heavy (non-hydrogen) atoms. The van der Waals surface area contributed by atoms with Crippen LogP contribution >= 0.6 is 0 Å². The lowest BCUT2D eigenvalue weighted by atomic mass is 9.77. The molecule has 12 nitrogen and oxygen atoms in total. The second-order valence-electron chi connectivity index (χ2n) is 14.6. The maximum absolute atomic E-state index is 14.9. The number of benzene rings is 2. The lowest BCUT2D eigenvalue weighted by molar-refractivity contribution is -0.281. The zero-order chi connectivity index (χ0) is 39.1. The van der Waals surface area contributed by atoms with E-state index < -0.39 is 70.9 Å². The molecule has 1 aliphatic carbocycles. The van der Waals surface area contributed by atoms with Gasteiger partial charge in [-0.3, -0.25) is 4.90 Å². The SMILES string of the molecule is COC(=O)[C@@H](OC(=O)[C@@](OC)(c1ccccc1)C(F)(F)F)[C@](O)(CCCC(C)C)C(=O)O[C@@H]1C(OC)=C[C@]23CCCN2CCc2cc4c(cc2[C@H]13)OCO4. The molecule has 3 heterocycles. The first-order chi connectivity index (χ1) is 25.7. The van der Waals surface area contributed by atoms with Crippen molar-refractivity contribution in [2.45, 2.75) is 93.4 Å². The summed E-state index contributed by atoms with van der Waals surface area (Å²) in [5.41, 5.74) is -6.34. The van der Waals surface area contributed by atoms with Gasteiger partial charge in [0.15, 0.2) is 17.6 Å². The fourth-order valence-corrected chi connectivity index (χ4v) is 8.46. The van der Waals surface area contributed by atoms with Gasteiger partial charge in [-0.1, -0.05) is 50.6 Å². The summed E-state index contributed by atoms with van der Waals surface area (Å²) >= 11 is 0. The van der Waals surface area contributed by atoms with Crippen molar-refractivity contribution in [2.24, 2.45) is 5.92 Å². The Balaban J connectivity index is 1.42. The van der Waals surface area contributed by atoms with E-state index in [0.717, 1.165) is 43.3 Å². The minimum atomic E-state index is -5.41. The summed E-state index contributed by atoms with van der Waals surface area (Å²) < 4.78 is 83.2. The van der Waals surface area contributed by atoms with Gasteiger partial charge in [0.2, 0.25) is 18.5 Å². The van der Waals surface area contributed by atoms with Crippen LogP contribution in [0, 0.1) is 5.92 Å². The number of hydrogen-bond donors (Lipinski definition) is 1. The van der Waals surface area contributed by atoms with Crippen molar-refractivity contribution in [2.75, 3.05) is 41.2 Å². The van der Waals surface area contributed by atoms with E-state index in [1.165, 1.54) is 25.3 Å². The molecule has 294 valence electrons. The fourth-order valence-electron chi connectivity index (χ4n) is 8.46. The number of carbonyl (C=O) groups excluding carboxylic acids is 3. The van der Waals surface area contributed by atoms with Crippen LogP contribution in [0.5, 0.6) is 11.5 Å². The number of esters is 3. The highest BCUT2D eigenvalue weighted by Crippen LogP contribution is 2.56. The number of ether oxygens (including phenoxy) is 7. The van der Waals surface area contributed by atoms with Gasteiger partial charge < -0.3 is 38.3 Å². The third-order valence-corrected chi connectivity index (χ3v) is 11.1. The molecule has 1 N–H and O–H groups in total. The molecular weight excluding hydrogens is 715 g/mol. The molecule has 0 radical (unpaired) electrons. The zero-order valence-electron chi connectivity index (χ0n) is 30.9. The Hall–Kier alpha value is -4.34. The molecule has 1 fully saturated rings. The van der Waals surface area contributed by atoms with E-state index >= 15 is 0 Å². The number of halogens is 3. The van der Waals surface area contributed by atoms with Crippen molar-refractivity contribution in [3.05, 3.63) is 71.0 Å². The van der Waals surface area contributed by atoms with Gasteiger partial charge in [-0.2, -0.15) is 13.2 Å². The summed E-state index contributed by atoms with van der Waals surface area (Å²) in [6, 6.07) is 9.74. The van der Waals surface area contributed by atoms with Gasteiger partial charge in [0.25, 0.3) is 5.60 Å². The van der Waals surface area contributed by atoms with E-state index in [9.17, 15) is 32.7 Å². The van der Waals surface area contributed by atoms with Crippen LogP contribution in [-0.2, 0) is 50.1 Å². The number of carbonyl (C=O) groups is 3. The van der Waals surface area contributed by atoms with E-state index in [0.29, 0.717) is 44.4 Å². The molecule has 0 unspecified atom stereocenters. The topological polar surface area (TPSA) is 139 Å². The van der Waals surface area contributed by atoms with Crippen LogP contribution in [-0.4, -0.2) is 98.7 Å². The van der Waals surface area contributed by atoms with Gasteiger partial charge in [0.1, 0.15) is 5.76 Å². The number of fused-ring (bicyclic) bond motifs is 3. The van der Waals surface area contributed by atoms with E-state index in [-0.39, 0.29) is 24.9 Å². The fraction of sp³-hybridized carbons (Fsp3) is 0.564. The molecule has 0 amide bonds. The summed E-state index contributed by atoms with van der Waals surface area (Å²) in [6.45, 7) is 5.26. The molecule has 6 atom stereocenters. The normalized spacial score (nSPS) is 24.5. The maximum Gasteiger partial charge on any atom is 0.432 e. The van der Waals surface area contributed by atoms with Gasteiger partial charge >= 0.3 is 24.1 Å². The summed E-state index contributed by atoms with van der Waals surface area (Å²) in [5, 5.41) is 12.4. The highest BCUT2D eigenvalue weighted by molar-refractivity contribution is 5.92. The number of alkyl halides is 3. The standard InChI is InChI=1S/C39H46F3NO11/c1-23(2)11-9-16-37(47,32(33(44)49-4)54-35(46)38(50-5,39(40,41)42)25-12-7-6-8-13-25)34(45)53-31-29(48-3)21-36-15-10-17-43(36)18-14-24-19-27-28(52-22-51-27)20-26(24)30(31)36/h6-8,12-13,19-21,23,30-32,47H,9-11,14-18,22H2,1-5H3/t30-,31-,32-,36+,37-,38+/m1/s1. The molecule has 1 spiro atoms. The Kier molecular flexibility index (Phi) is 11.0. The minimum absolute atomic E-state index is 0.0418. The lowest BCUT2D eigenvalue weighted by Gasteiger charge is -2.40. The van der Waals surface area contributed by atoms with Crippen molar-refractivity contribution in [3.63, 3.8) is 0 Å². The summed E-state index contributed by atoms with van der Waals surface area (Å²) in [6.07, 6.45) is -5.10. The Bertz CT molecular complexity index is 1770. The predicted octanol–water partition coefficient (Wildman–Crippen LogP) is 5.09. The number of methoxy groups -OCH3 is 3. The van der Waals surface area contributed by atoms with Gasteiger partial charge in [-0.15, -0.1) is 0 Å². The van der Waals surface area contributed by atoms with Crippen LogP contribution in [0.4, 0.5) is 13.2 Å². The first kappa shape index (κ1) is 39.4. The first-order valence-corrected chi connectivity index (χ1v) is 18.0. The third kappa shape index (κ3) is 6.57. The van der Waals surface area contributed by atoms with E-state index in [1.54, 1.807) is 0 Å². The third-order valence-electron chi connectivity index (χ3n) is 11.1. The van der Waals surface area contributed by atoms with Crippen LogP contribution in [0.3, 0.4) is 0 Å². The molecule has 4 aliphatic rings. The second-order valence-corrected chi connectivity index (χ2v) is 14.6. The minimum Gasteiger partial charge on any atom is -0.497 e. The van der Waals surface area contributed by atoms with Crippen LogP contribution < -0.4 is 9.47 Å². The number of hydrogen-bond acceptors (Lipinski definition) is 12. The van der Waals surface area contributed by atoms with E-state index in [4.69, 9.17) is 33.2 Å². The predicted molar refractivity (Wildman–Crippen MR) is 184 cm³/mol. The van der Waals surface area contributed by atoms with Crippen molar-refractivity contribution in [1.82, 2.24) is 4.90 Å². The van der Waals surface area contributed by atoms with Crippen molar-refractivity contribution in [1.29, 1.82) is 0 Å². The summed E-state index contributed by atoms with van der Waals surface area (Å²) in [7, 11) is 2.98. The Morgan fingerprint density at radius 1 is 1.02 bits per heavy atom. The molecule has 2 aromatic rings. The monoisotopic (exact) mass is 761 g/mol. The number of rotatable bonds is 13. The highest BCUT2D eigenvalue weighted by Gasteiger charge is 2.66. The first-order valence-electron chi connectivity index (χ1n) is 18.0. The smallest absolute Gasteiger partial charge is 0.432 e. The number of nitrogens with zero attached hydrogens (tertiary/aromatic N) is 1. The van der Waals surface area contributed by atoms with Crippen LogP contribution in [0.25, 0.3) is 0 Å². The highest BCUT2D eigenvalue weighted by atomic mass is 19.4.